The summed E-state index contributed by atoms with van der Waals surface area (Å²) in [5.74, 6) is 0. The lowest BCUT2D eigenvalue weighted by atomic mass is 9.95. The number of rotatable bonds is 1. The van der Waals surface area contributed by atoms with Gasteiger partial charge in [-0.1, -0.05) is 6.07 Å². The highest BCUT2D eigenvalue weighted by Gasteiger charge is 2.39. The number of nitrogens with zero attached hydrogens (tertiary/aromatic N) is 1. The van der Waals surface area contributed by atoms with Gasteiger partial charge in [-0.2, -0.15) is 13.2 Å². The van der Waals surface area contributed by atoms with Gasteiger partial charge < -0.3 is 10.0 Å². The van der Waals surface area contributed by atoms with Crippen LogP contribution < -0.4 is 4.90 Å². The van der Waals surface area contributed by atoms with Crippen LogP contribution in [0.1, 0.15) is 25.0 Å². The molecule has 1 aliphatic rings. The first-order valence-corrected chi connectivity index (χ1v) is 5.76. The number of benzene rings is 1. The summed E-state index contributed by atoms with van der Waals surface area (Å²) in [6, 6.07) is 3.55. The fourth-order valence-corrected chi connectivity index (χ4v) is 2.48. The quantitative estimate of drug-likeness (QED) is 0.838. The Bertz CT molecular complexity index is 462. The zero-order chi connectivity index (χ0) is 13.7. The molecule has 0 spiro atoms. The molecule has 100 valence electrons. The van der Waals surface area contributed by atoms with Gasteiger partial charge >= 0.3 is 6.18 Å². The van der Waals surface area contributed by atoms with Gasteiger partial charge in [0, 0.05) is 12.7 Å². The van der Waals surface area contributed by atoms with Crippen LogP contribution in [-0.2, 0) is 12.6 Å². The van der Waals surface area contributed by atoms with E-state index in [0.29, 0.717) is 12.1 Å². The Kier molecular flexibility index (Phi) is 2.85. The van der Waals surface area contributed by atoms with E-state index < -0.39 is 17.3 Å². The molecule has 0 bridgehead atoms. The predicted molar refractivity (Wildman–Crippen MR) is 63.6 cm³/mol. The van der Waals surface area contributed by atoms with E-state index in [4.69, 9.17) is 0 Å². The standard InChI is InChI=1S/C13H16F3NO/c1-12(2,18)11-6-8-4-5-9(13(14,15)16)7-10(8)17(11)3/h4-5,7,11,18H,6H2,1-3H3. The third kappa shape index (κ3) is 2.19. The van der Waals surface area contributed by atoms with E-state index in [9.17, 15) is 18.3 Å². The third-order valence-corrected chi connectivity index (χ3v) is 3.49. The van der Waals surface area contributed by atoms with Crippen molar-refractivity contribution in [2.75, 3.05) is 11.9 Å². The molecule has 5 heteroatoms. The van der Waals surface area contributed by atoms with Crippen molar-refractivity contribution in [1.82, 2.24) is 0 Å². The number of aliphatic hydroxyl groups is 1. The monoisotopic (exact) mass is 259 g/mol. The van der Waals surface area contributed by atoms with Crippen LogP contribution in [0, 0.1) is 0 Å². The highest BCUT2D eigenvalue weighted by Crippen LogP contribution is 2.39. The Morgan fingerprint density at radius 3 is 2.39 bits per heavy atom. The molecule has 0 saturated heterocycles. The molecule has 1 aromatic carbocycles. The first-order chi connectivity index (χ1) is 8.10. The van der Waals surface area contributed by atoms with Gasteiger partial charge in [-0.15, -0.1) is 0 Å². The highest BCUT2D eigenvalue weighted by molar-refractivity contribution is 5.61. The first-order valence-electron chi connectivity index (χ1n) is 5.76. The Morgan fingerprint density at radius 2 is 1.89 bits per heavy atom. The van der Waals surface area contributed by atoms with Gasteiger partial charge in [0.1, 0.15) is 0 Å². The molecule has 1 N–H and O–H groups in total. The normalized spacial score (nSPS) is 20.2. The second kappa shape index (κ2) is 3.88. The summed E-state index contributed by atoms with van der Waals surface area (Å²) in [4.78, 5) is 1.73. The fourth-order valence-electron chi connectivity index (χ4n) is 2.48. The number of anilines is 1. The van der Waals surface area contributed by atoms with Gasteiger partial charge in [-0.3, -0.25) is 0 Å². The Balaban J connectivity index is 2.39. The lowest BCUT2D eigenvalue weighted by Crippen LogP contribution is -2.46. The van der Waals surface area contributed by atoms with E-state index in [2.05, 4.69) is 0 Å². The number of hydrogen-bond acceptors (Lipinski definition) is 2. The Morgan fingerprint density at radius 1 is 1.28 bits per heavy atom. The molecule has 2 rings (SSSR count). The summed E-state index contributed by atoms with van der Waals surface area (Å²) >= 11 is 0. The predicted octanol–water partition coefficient (Wildman–Crippen LogP) is 2.84. The van der Waals surface area contributed by atoms with E-state index in [0.717, 1.165) is 17.7 Å². The maximum Gasteiger partial charge on any atom is 0.416 e. The fraction of sp³-hybridized carbons (Fsp3) is 0.538. The van der Waals surface area contributed by atoms with Gasteiger partial charge in [0.05, 0.1) is 17.2 Å². The van der Waals surface area contributed by atoms with Crippen LogP contribution in [0.3, 0.4) is 0 Å². The number of alkyl halides is 3. The van der Waals surface area contributed by atoms with E-state index in [1.54, 1.807) is 25.8 Å². The van der Waals surface area contributed by atoms with Crippen molar-refractivity contribution in [3.05, 3.63) is 29.3 Å². The molecule has 1 aliphatic heterocycles. The molecular formula is C13H16F3NO. The minimum Gasteiger partial charge on any atom is -0.388 e. The molecule has 0 radical (unpaired) electrons. The first kappa shape index (κ1) is 13.2. The van der Waals surface area contributed by atoms with Crippen molar-refractivity contribution in [2.45, 2.75) is 38.1 Å². The van der Waals surface area contributed by atoms with E-state index in [1.807, 2.05) is 0 Å². The second-order valence-electron chi connectivity index (χ2n) is 5.33. The molecule has 0 saturated carbocycles. The molecule has 18 heavy (non-hydrogen) atoms. The Labute approximate surface area is 104 Å². The highest BCUT2D eigenvalue weighted by atomic mass is 19.4. The number of hydrogen-bond donors (Lipinski definition) is 1. The number of likely N-dealkylation sites (N-methyl/N-ethyl adjacent to an activating group) is 1. The van der Waals surface area contributed by atoms with Gasteiger partial charge in [0.15, 0.2) is 0 Å². The summed E-state index contributed by atoms with van der Waals surface area (Å²) in [5.41, 5.74) is -0.203. The number of halogens is 3. The van der Waals surface area contributed by atoms with Crippen LogP contribution in [-0.4, -0.2) is 23.8 Å². The summed E-state index contributed by atoms with van der Waals surface area (Å²) in [5, 5.41) is 10.0. The summed E-state index contributed by atoms with van der Waals surface area (Å²) < 4.78 is 37.9. The van der Waals surface area contributed by atoms with Gasteiger partial charge in [0.2, 0.25) is 0 Å². The summed E-state index contributed by atoms with van der Waals surface area (Å²) in [6.07, 6.45) is -3.77. The van der Waals surface area contributed by atoms with Crippen molar-refractivity contribution in [1.29, 1.82) is 0 Å². The van der Waals surface area contributed by atoms with Crippen LogP contribution >= 0.6 is 0 Å². The van der Waals surface area contributed by atoms with Crippen molar-refractivity contribution in [3.63, 3.8) is 0 Å². The third-order valence-electron chi connectivity index (χ3n) is 3.49. The van der Waals surface area contributed by atoms with Gasteiger partial charge in [-0.25, -0.2) is 0 Å². The maximum atomic E-state index is 12.6. The molecule has 1 aromatic rings. The van der Waals surface area contributed by atoms with Crippen molar-refractivity contribution in [2.24, 2.45) is 0 Å². The van der Waals surface area contributed by atoms with E-state index >= 15 is 0 Å². The molecule has 0 amide bonds. The molecule has 1 atom stereocenters. The molecule has 1 unspecified atom stereocenters. The molecule has 2 nitrogen and oxygen atoms in total. The van der Waals surface area contributed by atoms with Crippen LogP contribution in [0.2, 0.25) is 0 Å². The van der Waals surface area contributed by atoms with Gasteiger partial charge in [-0.05, 0) is 38.0 Å². The maximum absolute atomic E-state index is 12.6. The minimum absolute atomic E-state index is 0.198. The van der Waals surface area contributed by atoms with E-state index in [-0.39, 0.29) is 6.04 Å². The van der Waals surface area contributed by atoms with Crippen LogP contribution in [0.15, 0.2) is 18.2 Å². The molecular weight excluding hydrogens is 243 g/mol. The largest absolute Gasteiger partial charge is 0.416 e. The lowest BCUT2D eigenvalue weighted by molar-refractivity contribution is -0.137. The van der Waals surface area contributed by atoms with Crippen molar-refractivity contribution >= 4 is 5.69 Å². The van der Waals surface area contributed by atoms with E-state index in [1.165, 1.54) is 6.07 Å². The minimum atomic E-state index is -4.33. The van der Waals surface area contributed by atoms with Crippen molar-refractivity contribution in [3.8, 4) is 0 Å². The SMILES string of the molecule is CN1c2cc(C(F)(F)F)ccc2CC1C(C)(C)O. The average molecular weight is 259 g/mol. The molecule has 1 heterocycles. The number of fused-ring (bicyclic) bond motifs is 1. The van der Waals surface area contributed by atoms with Crippen LogP contribution in [0.25, 0.3) is 0 Å². The summed E-state index contributed by atoms with van der Waals surface area (Å²) in [7, 11) is 1.72. The molecule has 0 aromatic heterocycles. The topological polar surface area (TPSA) is 23.5 Å². The Hall–Kier alpha value is -1.23. The van der Waals surface area contributed by atoms with Crippen molar-refractivity contribution < 1.29 is 18.3 Å². The summed E-state index contributed by atoms with van der Waals surface area (Å²) in [6.45, 7) is 3.34. The zero-order valence-corrected chi connectivity index (χ0v) is 10.5. The smallest absolute Gasteiger partial charge is 0.388 e. The molecule has 0 aliphatic carbocycles. The lowest BCUT2D eigenvalue weighted by Gasteiger charge is -2.32. The van der Waals surface area contributed by atoms with Crippen LogP contribution in [0.4, 0.5) is 18.9 Å². The average Bonchev–Trinajstić information content (AvgIpc) is 2.54. The zero-order valence-electron chi connectivity index (χ0n) is 10.5. The molecule has 0 fully saturated rings. The van der Waals surface area contributed by atoms with Crippen LogP contribution in [0.5, 0.6) is 0 Å². The second-order valence-corrected chi connectivity index (χ2v) is 5.33. The van der Waals surface area contributed by atoms with Gasteiger partial charge in [0.25, 0.3) is 0 Å².